The summed E-state index contributed by atoms with van der Waals surface area (Å²) in [7, 11) is 3.32. The molecule has 0 radical (unpaired) electrons. The SMILES string of the molecule is COc1cc(C(=O)N[C@H](CO)C(C)C)ccc1Nc1ncc2c(n1)N(C1CCCC1)CC(C)(C)C(=O)N2C. The Balaban J connectivity index is 1.64. The summed E-state index contributed by atoms with van der Waals surface area (Å²) in [5, 5.41) is 15.7. The molecule has 2 heterocycles. The van der Waals surface area contributed by atoms with Gasteiger partial charge < -0.3 is 30.3 Å². The molecule has 1 aromatic carbocycles. The van der Waals surface area contributed by atoms with E-state index in [1.807, 2.05) is 27.7 Å². The third kappa shape index (κ3) is 5.55. The molecule has 0 unspecified atom stereocenters. The molecule has 38 heavy (non-hydrogen) atoms. The van der Waals surface area contributed by atoms with E-state index in [0.29, 0.717) is 41.2 Å². The minimum absolute atomic E-state index is 0.0417. The third-order valence-electron chi connectivity index (χ3n) is 7.63. The Bertz CT molecular complexity index is 1180. The van der Waals surface area contributed by atoms with Crippen LogP contribution in [0.25, 0.3) is 0 Å². The molecule has 2 aromatic rings. The van der Waals surface area contributed by atoms with Crippen molar-refractivity contribution in [2.75, 3.05) is 42.4 Å². The predicted molar refractivity (Wildman–Crippen MR) is 148 cm³/mol. The van der Waals surface area contributed by atoms with Crippen molar-refractivity contribution in [2.24, 2.45) is 11.3 Å². The van der Waals surface area contributed by atoms with E-state index in [-0.39, 0.29) is 30.4 Å². The lowest BCUT2D eigenvalue weighted by molar-refractivity contribution is -0.125. The van der Waals surface area contributed by atoms with E-state index in [1.54, 1.807) is 36.3 Å². The van der Waals surface area contributed by atoms with Crippen LogP contribution >= 0.6 is 0 Å². The van der Waals surface area contributed by atoms with E-state index in [0.717, 1.165) is 18.7 Å². The number of methoxy groups -OCH3 is 1. The zero-order valence-corrected chi connectivity index (χ0v) is 23.2. The van der Waals surface area contributed by atoms with Gasteiger partial charge in [-0.2, -0.15) is 4.98 Å². The molecule has 0 bridgehead atoms. The summed E-state index contributed by atoms with van der Waals surface area (Å²) >= 11 is 0. The van der Waals surface area contributed by atoms with Crippen LogP contribution in [0.1, 0.15) is 63.7 Å². The normalized spacial score (nSPS) is 18.3. The van der Waals surface area contributed by atoms with Crippen molar-refractivity contribution in [1.82, 2.24) is 15.3 Å². The third-order valence-corrected chi connectivity index (χ3v) is 7.63. The van der Waals surface area contributed by atoms with Crippen LogP contribution in [0.5, 0.6) is 5.75 Å². The average Bonchev–Trinajstić information content (AvgIpc) is 3.42. The molecule has 4 rings (SSSR count). The van der Waals surface area contributed by atoms with Crippen LogP contribution in [0, 0.1) is 11.3 Å². The molecule has 0 saturated heterocycles. The molecule has 2 aliphatic rings. The van der Waals surface area contributed by atoms with Crippen molar-refractivity contribution in [3.8, 4) is 5.75 Å². The van der Waals surface area contributed by atoms with Gasteiger partial charge in [0, 0.05) is 25.2 Å². The summed E-state index contributed by atoms with van der Waals surface area (Å²) in [5.74, 6) is 1.44. The second-order valence-corrected chi connectivity index (χ2v) is 11.3. The number of carbonyl (C=O) groups excluding carboxylic acids is 2. The van der Waals surface area contributed by atoms with Gasteiger partial charge in [-0.3, -0.25) is 9.59 Å². The van der Waals surface area contributed by atoms with Crippen molar-refractivity contribution < 1.29 is 19.4 Å². The number of nitrogens with zero attached hydrogens (tertiary/aromatic N) is 4. The van der Waals surface area contributed by atoms with E-state index >= 15 is 0 Å². The molecular weight excluding hydrogens is 484 g/mol. The van der Waals surface area contributed by atoms with Crippen LogP contribution < -0.4 is 25.2 Å². The Morgan fingerprint density at radius 2 is 1.97 bits per heavy atom. The summed E-state index contributed by atoms with van der Waals surface area (Å²) in [6, 6.07) is 5.08. The smallest absolute Gasteiger partial charge is 0.251 e. The van der Waals surface area contributed by atoms with Crippen LogP contribution in [-0.4, -0.2) is 66.3 Å². The predicted octanol–water partition coefficient (Wildman–Crippen LogP) is 3.73. The topological polar surface area (TPSA) is 120 Å². The fourth-order valence-electron chi connectivity index (χ4n) is 5.26. The average molecular weight is 525 g/mol. The molecule has 10 heteroatoms. The van der Waals surface area contributed by atoms with Gasteiger partial charge in [-0.15, -0.1) is 0 Å². The molecule has 1 atom stereocenters. The molecule has 1 aliphatic heterocycles. The van der Waals surface area contributed by atoms with Crippen LogP contribution in [-0.2, 0) is 4.79 Å². The maximum atomic E-state index is 13.2. The first kappa shape index (κ1) is 27.6. The van der Waals surface area contributed by atoms with Crippen molar-refractivity contribution in [1.29, 1.82) is 0 Å². The van der Waals surface area contributed by atoms with E-state index in [9.17, 15) is 14.7 Å². The van der Waals surface area contributed by atoms with Gasteiger partial charge >= 0.3 is 0 Å². The molecule has 206 valence electrons. The molecule has 1 aliphatic carbocycles. The van der Waals surface area contributed by atoms with Crippen LogP contribution in [0.15, 0.2) is 24.4 Å². The Morgan fingerprint density at radius 3 is 2.61 bits per heavy atom. The van der Waals surface area contributed by atoms with Crippen molar-refractivity contribution in [2.45, 2.75) is 65.5 Å². The van der Waals surface area contributed by atoms with Gasteiger partial charge in [-0.1, -0.05) is 26.7 Å². The largest absolute Gasteiger partial charge is 0.495 e. The lowest BCUT2D eigenvalue weighted by Crippen LogP contribution is -2.45. The number of aromatic nitrogens is 2. The van der Waals surface area contributed by atoms with Crippen LogP contribution in [0.4, 0.5) is 23.1 Å². The highest BCUT2D eigenvalue weighted by Crippen LogP contribution is 2.40. The first-order chi connectivity index (χ1) is 18.1. The zero-order chi connectivity index (χ0) is 27.6. The molecule has 1 fully saturated rings. The Kier molecular flexibility index (Phi) is 8.10. The Morgan fingerprint density at radius 1 is 1.26 bits per heavy atom. The second-order valence-electron chi connectivity index (χ2n) is 11.3. The number of nitrogens with one attached hydrogen (secondary N) is 2. The molecule has 1 aromatic heterocycles. The van der Waals surface area contributed by atoms with E-state index in [1.165, 1.54) is 20.0 Å². The Labute approximate surface area is 224 Å². The molecule has 1 saturated carbocycles. The number of anilines is 4. The van der Waals surface area contributed by atoms with Crippen molar-refractivity contribution in [3.05, 3.63) is 30.0 Å². The maximum Gasteiger partial charge on any atom is 0.251 e. The fourth-order valence-corrected chi connectivity index (χ4v) is 5.26. The first-order valence-corrected chi connectivity index (χ1v) is 13.3. The van der Waals surface area contributed by atoms with E-state index in [4.69, 9.17) is 9.72 Å². The highest BCUT2D eigenvalue weighted by molar-refractivity contribution is 6.01. The number of hydrogen-bond acceptors (Lipinski definition) is 8. The number of rotatable bonds is 8. The number of fused-ring (bicyclic) bond motifs is 1. The lowest BCUT2D eigenvalue weighted by Gasteiger charge is -2.34. The molecule has 0 spiro atoms. The van der Waals surface area contributed by atoms with Gasteiger partial charge in [0.25, 0.3) is 5.91 Å². The van der Waals surface area contributed by atoms with Crippen molar-refractivity contribution >= 4 is 35.0 Å². The lowest BCUT2D eigenvalue weighted by atomic mass is 9.91. The number of ether oxygens (including phenoxy) is 1. The molecular formula is C28H40N6O4. The molecule has 10 nitrogen and oxygen atoms in total. The number of aliphatic hydroxyl groups excluding tert-OH is 1. The van der Waals surface area contributed by atoms with Gasteiger partial charge in [-0.25, -0.2) is 4.98 Å². The van der Waals surface area contributed by atoms with Gasteiger partial charge in [-0.05, 0) is 50.8 Å². The van der Waals surface area contributed by atoms with Gasteiger partial charge in [0.2, 0.25) is 11.9 Å². The number of carbonyl (C=O) groups is 2. The summed E-state index contributed by atoms with van der Waals surface area (Å²) in [6.45, 7) is 8.31. The highest BCUT2D eigenvalue weighted by atomic mass is 16.5. The monoisotopic (exact) mass is 524 g/mol. The highest BCUT2D eigenvalue weighted by Gasteiger charge is 2.41. The number of amides is 2. The number of aliphatic hydroxyl groups is 1. The standard InChI is InChI=1S/C28H40N6O4/c1-17(2)21(15-35)30-25(36)18-11-12-20(23(13-18)38-6)31-27-29-14-22-24(32-27)34(19-9-7-8-10-19)16-28(3,4)26(37)33(22)5/h11-14,17,19,21,35H,7-10,15-16H2,1-6H3,(H,30,36)(H,29,31,32)/t21-/m1/s1. The summed E-state index contributed by atoms with van der Waals surface area (Å²) < 4.78 is 5.57. The van der Waals surface area contributed by atoms with Crippen LogP contribution in [0.2, 0.25) is 0 Å². The summed E-state index contributed by atoms with van der Waals surface area (Å²) in [4.78, 5) is 39.4. The summed E-state index contributed by atoms with van der Waals surface area (Å²) in [6.07, 6.45) is 6.19. The molecule has 2 amide bonds. The van der Waals surface area contributed by atoms with Crippen molar-refractivity contribution in [3.63, 3.8) is 0 Å². The van der Waals surface area contributed by atoms with Crippen LogP contribution in [0.3, 0.4) is 0 Å². The summed E-state index contributed by atoms with van der Waals surface area (Å²) in [5.41, 5.74) is 1.16. The van der Waals surface area contributed by atoms with Gasteiger partial charge in [0.15, 0.2) is 5.82 Å². The number of benzene rings is 1. The van der Waals surface area contributed by atoms with Gasteiger partial charge in [0.05, 0.1) is 37.1 Å². The molecule has 3 N–H and O–H groups in total. The zero-order valence-electron chi connectivity index (χ0n) is 23.2. The second kappa shape index (κ2) is 11.1. The van der Waals surface area contributed by atoms with E-state index in [2.05, 4.69) is 20.5 Å². The quantitative estimate of drug-likeness (QED) is 0.478. The minimum Gasteiger partial charge on any atom is -0.495 e. The Hall–Kier alpha value is -3.40. The first-order valence-electron chi connectivity index (χ1n) is 13.3. The maximum absolute atomic E-state index is 13.2. The van der Waals surface area contributed by atoms with E-state index < -0.39 is 5.41 Å². The fraction of sp³-hybridized carbons (Fsp3) is 0.571. The minimum atomic E-state index is -0.560. The number of hydrogen-bond donors (Lipinski definition) is 3. The van der Waals surface area contributed by atoms with Gasteiger partial charge in [0.1, 0.15) is 11.4 Å².